The van der Waals surface area contributed by atoms with Crippen LogP contribution in [0.3, 0.4) is 0 Å². The van der Waals surface area contributed by atoms with Gasteiger partial charge in [-0.25, -0.2) is 9.97 Å². The van der Waals surface area contributed by atoms with Crippen molar-refractivity contribution in [3.63, 3.8) is 0 Å². The largest absolute Gasteiger partial charge is 0.306 e. The summed E-state index contributed by atoms with van der Waals surface area (Å²) in [5.41, 5.74) is 3.83. The number of para-hydroxylation sites is 3. The van der Waals surface area contributed by atoms with Crippen molar-refractivity contribution in [2.75, 3.05) is 5.32 Å². The third-order valence-corrected chi connectivity index (χ3v) is 5.40. The number of benzene rings is 3. The molecule has 5 aromatic rings. The second-order valence-electron chi connectivity index (χ2n) is 6.86. The Bertz CT molecular complexity index is 1500. The van der Waals surface area contributed by atoms with E-state index in [1.165, 1.54) is 0 Å². The van der Waals surface area contributed by atoms with E-state index >= 15 is 0 Å². The van der Waals surface area contributed by atoms with Crippen LogP contribution in [0.2, 0.25) is 0 Å². The number of fused-ring (bicyclic) bond motifs is 2. The van der Waals surface area contributed by atoms with E-state index in [-0.39, 0.29) is 11.5 Å². The van der Waals surface area contributed by atoms with Gasteiger partial charge in [0, 0.05) is 15.7 Å². The number of anilines is 1. The lowest BCUT2D eigenvalue weighted by Gasteiger charge is -2.12. The van der Waals surface area contributed by atoms with Crippen LogP contribution in [0.15, 0.2) is 83.3 Å². The minimum absolute atomic E-state index is 0.264. The Balaban J connectivity index is 1.78. The lowest BCUT2D eigenvalue weighted by molar-refractivity contribution is 0.102. The molecular formula is C24H14BrN5O. The van der Waals surface area contributed by atoms with Gasteiger partial charge in [-0.1, -0.05) is 52.3 Å². The molecule has 0 bridgehead atoms. The van der Waals surface area contributed by atoms with Crippen LogP contribution in [0.5, 0.6) is 0 Å². The van der Waals surface area contributed by atoms with Crippen molar-refractivity contribution in [3.05, 3.63) is 94.5 Å². The van der Waals surface area contributed by atoms with E-state index in [9.17, 15) is 10.1 Å². The quantitative estimate of drug-likeness (QED) is 0.381. The van der Waals surface area contributed by atoms with Gasteiger partial charge >= 0.3 is 0 Å². The first-order valence-corrected chi connectivity index (χ1v) is 10.3. The minimum atomic E-state index is -0.331. The highest BCUT2D eigenvalue weighted by Crippen LogP contribution is 2.32. The third-order valence-electron chi connectivity index (χ3n) is 4.91. The number of nitrogens with one attached hydrogen (secondary N) is 1. The Hall–Kier alpha value is -4.02. The Morgan fingerprint density at radius 2 is 1.65 bits per heavy atom. The van der Waals surface area contributed by atoms with E-state index < -0.39 is 0 Å². The monoisotopic (exact) mass is 467 g/mol. The number of amides is 1. The highest BCUT2D eigenvalue weighted by molar-refractivity contribution is 9.10. The van der Waals surface area contributed by atoms with E-state index in [1.807, 2.05) is 60.7 Å². The van der Waals surface area contributed by atoms with E-state index in [1.54, 1.807) is 22.8 Å². The molecule has 0 radical (unpaired) electrons. The van der Waals surface area contributed by atoms with Gasteiger partial charge in [0.1, 0.15) is 23.0 Å². The highest BCUT2D eigenvalue weighted by atomic mass is 79.9. The molecule has 0 saturated heterocycles. The van der Waals surface area contributed by atoms with E-state index in [0.29, 0.717) is 33.6 Å². The second kappa shape index (κ2) is 7.67. The molecule has 0 atom stereocenters. The van der Waals surface area contributed by atoms with E-state index in [2.05, 4.69) is 32.3 Å². The van der Waals surface area contributed by atoms with E-state index in [0.717, 1.165) is 10.2 Å². The fraction of sp³-hybridized carbons (Fsp3) is 0. The number of hydrogen-bond acceptors (Lipinski definition) is 4. The smallest absolute Gasteiger partial charge is 0.256 e. The molecular weight excluding hydrogens is 454 g/mol. The average molecular weight is 468 g/mol. The van der Waals surface area contributed by atoms with Gasteiger partial charge in [0.25, 0.3) is 5.91 Å². The summed E-state index contributed by atoms with van der Waals surface area (Å²) in [6.45, 7) is 0. The summed E-state index contributed by atoms with van der Waals surface area (Å²) in [5.74, 6) is 0.00586. The molecule has 31 heavy (non-hydrogen) atoms. The number of aromatic nitrogens is 3. The number of carbonyl (C=O) groups is 1. The van der Waals surface area contributed by atoms with E-state index in [4.69, 9.17) is 4.98 Å². The normalized spacial score (nSPS) is 10.8. The summed E-state index contributed by atoms with van der Waals surface area (Å²) in [7, 11) is 0. The van der Waals surface area contributed by atoms with Gasteiger partial charge in [-0.05, 0) is 42.5 Å². The Labute approximate surface area is 185 Å². The molecule has 1 N–H and O–H groups in total. The minimum Gasteiger partial charge on any atom is -0.306 e. The summed E-state index contributed by atoms with van der Waals surface area (Å²) in [5, 5.41) is 12.9. The predicted molar refractivity (Wildman–Crippen MR) is 123 cm³/mol. The zero-order valence-electron chi connectivity index (χ0n) is 16.1. The maximum atomic E-state index is 13.0. The molecule has 2 aromatic heterocycles. The molecule has 0 unspecified atom stereocenters. The molecule has 0 aliphatic heterocycles. The SMILES string of the molecule is N#Cc1c(NC(=O)c2cccc(Br)c2)n(-c2ccccc2)c2nc3ccccc3nc12. The van der Waals surface area contributed by atoms with Gasteiger partial charge in [0.05, 0.1) is 11.0 Å². The summed E-state index contributed by atoms with van der Waals surface area (Å²) in [6.07, 6.45) is 0. The van der Waals surface area contributed by atoms with Crippen LogP contribution in [0.1, 0.15) is 15.9 Å². The van der Waals surface area contributed by atoms with Crippen LogP contribution in [0.25, 0.3) is 27.9 Å². The van der Waals surface area contributed by atoms with Crippen molar-refractivity contribution in [1.29, 1.82) is 5.26 Å². The lowest BCUT2D eigenvalue weighted by atomic mass is 10.2. The van der Waals surface area contributed by atoms with Crippen molar-refractivity contribution in [2.45, 2.75) is 0 Å². The molecule has 6 nitrogen and oxygen atoms in total. The fourth-order valence-electron chi connectivity index (χ4n) is 3.51. The summed E-state index contributed by atoms with van der Waals surface area (Å²) in [4.78, 5) is 22.5. The van der Waals surface area contributed by atoms with Crippen LogP contribution < -0.4 is 5.32 Å². The number of nitriles is 1. The summed E-state index contributed by atoms with van der Waals surface area (Å²) >= 11 is 3.39. The molecule has 3 aromatic carbocycles. The van der Waals surface area contributed by atoms with Gasteiger partial charge in [-0.3, -0.25) is 9.36 Å². The molecule has 2 heterocycles. The molecule has 0 aliphatic rings. The lowest BCUT2D eigenvalue weighted by Crippen LogP contribution is -2.15. The van der Waals surface area contributed by atoms with Gasteiger partial charge in [-0.2, -0.15) is 5.26 Å². The number of rotatable bonds is 3. The number of carbonyl (C=O) groups excluding carboxylic acids is 1. The first-order valence-electron chi connectivity index (χ1n) is 9.49. The summed E-state index contributed by atoms with van der Waals surface area (Å²) < 4.78 is 2.56. The fourth-order valence-corrected chi connectivity index (χ4v) is 3.91. The first kappa shape index (κ1) is 19.0. The Kier molecular flexibility index (Phi) is 4.69. The average Bonchev–Trinajstić information content (AvgIpc) is 3.09. The maximum absolute atomic E-state index is 13.0. The Morgan fingerprint density at radius 1 is 0.935 bits per heavy atom. The van der Waals surface area contributed by atoms with Crippen molar-refractivity contribution < 1.29 is 4.79 Å². The number of halogens is 1. The number of nitrogens with zero attached hydrogens (tertiary/aromatic N) is 4. The zero-order chi connectivity index (χ0) is 21.4. The Morgan fingerprint density at radius 3 is 2.35 bits per heavy atom. The van der Waals surface area contributed by atoms with Gasteiger partial charge in [0.15, 0.2) is 5.65 Å². The molecule has 0 saturated carbocycles. The maximum Gasteiger partial charge on any atom is 0.256 e. The second-order valence-corrected chi connectivity index (χ2v) is 7.77. The zero-order valence-corrected chi connectivity index (χ0v) is 17.7. The van der Waals surface area contributed by atoms with Gasteiger partial charge in [-0.15, -0.1) is 0 Å². The van der Waals surface area contributed by atoms with Crippen molar-refractivity contribution in [2.24, 2.45) is 0 Å². The molecule has 5 rings (SSSR count). The topological polar surface area (TPSA) is 83.6 Å². The molecule has 1 amide bonds. The van der Waals surface area contributed by atoms with Gasteiger partial charge < -0.3 is 5.32 Å². The van der Waals surface area contributed by atoms with Crippen molar-refractivity contribution in [1.82, 2.24) is 14.5 Å². The van der Waals surface area contributed by atoms with Crippen molar-refractivity contribution in [3.8, 4) is 11.8 Å². The molecule has 0 spiro atoms. The first-order chi connectivity index (χ1) is 15.2. The highest BCUT2D eigenvalue weighted by Gasteiger charge is 2.23. The molecule has 0 aliphatic carbocycles. The standard InChI is InChI=1S/C24H14BrN5O/c25-16-8-6-7-15(13-16)24(31)29-22-18(14-26)21-23(30(22)17-9-2-1-3-10-17)28-20-12-5-4-11-19(20)27-21/h1-13H,(H,29,31). The van der Waals surface area contributed by atoms with Crippen LogP contribution in [0.4, 0.5) is 5.82 Å². The number of hydrogen-bond donors (Lipinski definition) is 1. The van der Waals surface area contributed by atoms with Crippen molar-refractivity contribution >= 4 is 49.9 Å². The third kappa shape index (κ3) is 3.33. The molecule has 148 valence electrons. The molecule has 7 heteroatoms. The van der Waals surface area contributed by atoms with Crippen LogP contribution in [-0.2, 0) is 0 Å². The molecule has 0 fully saturated rings. The van der Waals surface area contributed by atoms with Gasteiger partial charge in [0.2, 0.25) is 0 Å². The predicted octanol–water partition coefficient (Wildman–Crippen LogP) is 5.46. The van der Waals surface area contributed by atoms with Crippen LogP contribution in [0, 0.1) is 11.3 Å². The van der Waals surface area contributed by atoms with Crippen LogP contribution in [-0.4, -0.2) is 20.4 Å². The van der Waals surface area contributed by atoms with Crippen LogP contribution >= 0.6 is 15.9 Å². The summed E-state index contributed by atoms with van der Waals surface area (Å²) in [6, 6.07) is 26.2.